The van der Waals surface area contributed by atoms with Crippen LogP contribution < -0.4 is 16.5 Å². The van der Waals surface area contributed by atoms with Gasteiger partial charge in [-0.3, -0.25) is 9.59 Å². The van der Waals surface area contributed by atoms with Gasteiger partial charge in [0.05, 0.1) is 22.7 Å². The monoisotopic (exact) mass is 428 g/mol. The van der Waals surface area contributed by atoms with E-state index in [0.29, 0.717) is 22.4 Å². The van der Waals surface area contributed by atoms with Crippen LogP contribution in [0.15, 0.2) is 35.5 Å². The second kappa shape index (κ2) is 8.99. The zero-order valence-electron chi connectivity index (χ0n) is 17.2. The van der Waals surface area contributed by atoms with Crippen LogP contribution in [-0.2, 0) is 4.79 Å². The number of nitrogens with two attached hydrogens (primary N) is 1. The highest BCUT2D eigenvalue weighted by Gasteiger charge is 2.17. The molecule has 0 radical (unpaired) electrons. The lowest BCUT2D eigenvalue weighted by Gasteiger charge is -2.13. The van der Waals surface area contributed by atoms with Gasteiger partial charge in [0, 0.05) is 11.7 Å². The molecule has 30 heavy (non-hydrogen) atoms. The number of rotatable bonds is 7. The summed E-state index contributed by atoms with van der Waals surface area (Å²) in [7, 11) is 0. The molecule has 3 rings (SSSR count). The normalized spacial score (nSPS) is 11.0. The number of aryl methyl sites for hydroxylation is 2. The van der Waals surface area contributed by atoms with Gasteiger partial charge in [0.1, 0.15) is 0 Å². The topological polar surface area (TPSA) is 133 Å². The summed E-state index contributed by atoms with van der Waals surface area (Å²) in [6.45, 7) is 7.51. The van der Waals surface area contributed by atoms with Gasteiger partial charge in [0.2, 0.25) is 11.1 Å². The molecule has 3 aromatic rings. The summed E-state index contributed by atoms with van der Waals surface area (Å²) >= 11 is 1.14. The van der Waals surface area contributed by atoms with Crippen LogP contribution in [0.3, 0.4) is 0 Å². The molecular formula is C19H24N8O2S. The van der Waals surface area contributed by atoms with E-state index in [1.54, 1.807) is 28.9 Å². The zero-order valence-corrected chi connectivity index (χ0v) is 18.0. The first-order valence-electron chi connectivity index (χ1n) is 9.33. The Kier molecular flexibility index (Phi) is 6.40. The molecule has 2 heterocycles. The molecule has 2 amide bonds. The van der Waals surface area contributed by atoms with E-state index in [0.717, 1.165) is 23.1 Å². The Labute approximate surface area is 178 Å². The van der Waals surface area contributed by atoms with E-state index in [9.17, 15) is 9.59 Å². The first-order valence-corrected chi connectivity index (χ1v) is 10.3. The molecule has 0 fully saturated rings. The van der Waals surface area contributed by atoms with Gasteiger partial charge < -0.3 is 16.5 Å². The molecule has 0 spiro atoms. The maximum atomic E-state index is 12.4. The lowest BCUT2D eigenvalue weighted by molar-refractivity contribution is -0.113. The third kappa shape index (κ3) is 4.79. The third-order valence-electron chi connectivity index (χ3n) is 4.04. The number of carbonyl (C=O) groups excluding carboxylic acids is 2. The van der Waals surface area contributed by atoms with E-state index >= 15 is 0 Å². The molecule has 0 aliphatic heterocycles. The molecule has 4 N–H and O–H groups in total. The quantitative estimate of drug-likeness (QED) is 0.385. The summed E-state index contributed by atoms with van der Waals surface area (Å²) in [6.07, 6.45) is 0. The van der Waals surface area contributed by atoms with Crippen LogP contribution in [0.1, 0.15) is 35.6 Å². The highest BCUT2D eigenvalue weighted by atomic mass is 32.2. The van der Waals surface area contributed by atoms with Crippen molar-refractivity contribution in [3.05, 3.63) is 47.3 Å². The molecule has 0 saturated heterocycles. The smallest absolute Gasteiger partial charge is 0.271 e. The molecule has 2 aromatic heterocycles. The van der Waals surface area contributed by atoms with Crippen molar-refractivity contribution in [2.75, 3.05) is 16.9 Å². The molecular weight excluding hydrogens is 404 g/mol. The minimum atomic E-state index is -0.291. The van der Waals surface area contributed by atoms with Crippen molar-refractivity contribution in [2.24, 2.45) is 0 Å². The lowest BCUT2D eigenvalue weighted by Crippen LogP contribution is -2.31. The number of hydrogen-bond donors (Lipinski definition) is 3. The molecule has 158 valence electrons. The maximum absolute atomic E-state index is 12.4. The van der Waals surface area contributed by atoms with Crippen molar-refractivity contribution in [3.63, 3.8) is 0 Å². The number of nitrogen functional groups attached to an aromatic ring is 1. The standard InChI is InChI=1S/C19H24N8O2S/c1-11(2)21-17(29)14-7-5-6-8-15(14)22-16(28)10-30-19-24-23-18(26(19)20)27-13(4)9-12(3)25-27/h5-9,11H,10,20H2,1-4H3,(H,21,29)(H,22,28). The second-order valence-corrected chi connectivity index (χ2v) is 7.94. The number of aromatic nitrogens is 5. The number of amides is 2. The van der Waals surface area contributed by atoms with E-state index in [-0.39, 0.29) is 23.6 Å². The van der Waals surface area contributed by atoms with Gasteiger partial charge in [-0.05, 0) is 45.9 Å². The van der Waals surface area contributed by atoms with Gasteiger partial charge in [-0.2, -0.15) is 5.10 Å². The fourth-order valence-corrected chi connectivity index (χ4v) is 3.44. The Balaban J connectivity index is 1.66. The molecule has 10 nitrogen and oxygen atoms in total. The lowest BCUT2D eigenvalue weighted by atomic mass is 10.1. The van der Waals surface area contributed by atoms with Crippen LogP contribution in [0.4, 0.5) is 5.69 Å². The van der Waals surface area contributed by atoms with Crippen molar-refractivity contribution in [1.29, 1.82) is 0 Å². The Morgan fingerprint density at radius 3 is 2.60 bits per heavy atom. The first-order chi connectivity index (χ1) is 14.3. The third-order valence-corrected chi connectivity index (χ3v) is 4.99. The van der Waals surface area contributed by atoms with E-state index in [2.05, 4.69) is 25.9 Å². The SMILES string of the molecule is Cc1cc(C)n(-c2nnc(SCC(=O)Nc3ccccc3C(=O)NC(C)C)n2N)n1. The van der Waals surface area contributed by atoms with Crippen molar-refractivity contribution < 1.29 is 9.59 Å². The second-order valence-electron chi connectivity index (χ2n) is 7.00. The number of hydrogen-bond acceptors (Lipinski definition) is 7. The van der Waals surface area contributed by atoms with Crippen molar-refractivity contribution in [1.82, 2.24) is 30.0 Å². The summed E-state index contributed by atoms with van der Waals surface area (Å²) in [5, 5.41) is 18.4. The highest BCUT2D eigenvalue weighted by molar-refractivity contribution is 7.99. The highest BCUT2D eigenvalue weighted by Crippen LogP contribution is 2.19. The predicted octanol–water partition coefficient (Wildman–Crippen LogP) is 1.66. The molecule has 0 atom stereocenters. The number of benzene rings is 1. The average molecular weight is 429 g/mol. The molecule has 0 saturated carbocycles. The fraction of sp³-hybridized carbons (Fsp3) is 0.316. The minimum Gasteiger partial charge on any atom is -0.350 e. The fourth-order valence-electron chi connectivity index (χ4n) is 2.79. The number of nitrogens with one attached hydrogen (secondary N) is 2. The summed E-state index contributed by atoms with van der Waals surface area (Å²) < 4.78 is 2.89. The Bertz CT molecular complexity index is 1070. The number of nitrogens with zero attached hydrogens (tertiary/aromatic N) is 5. The molecule has 11 heteroatoms. The van der Waals surface area contributed by atoms with Gasteiger partial charge in [0.15, 0.2) is 0 Å². The Hall–Kier alpha value is -3.34. The van der Waals surface area contributed by atoms with Crippen LogP contribution in [-0.4, -0.2) is 48.3 Å². The number of carbonyl (C=O) groups is 2. The molecule has 0 bridgehead atoms. The maximum Gasteiger partial charge on any atom is 0.271 e. The van der Waals surface area contributed by atoms with Gasteiger partial charge in [-0.1, -0.05) is 23.9 Å². The summed E-state index contributed by atoms with van der Waals surface area (Å²) in [4.78, 5) is 24.8. The number of anilines is 1. The van der Waals surface area contributed by atoms with Crippen LogP contribution in [0.25, 0.3) is 5.95 Å². The largest absolute Gasteiger partial charge is 0.350 e. The van der Waals surface area contributed by atoms with Crippen molar-refractivity contribution in [3.8, 4) is 5.95 Å². The number of para-hydroxylation sites is 1. The van der Waals surface area contributed by atoms with E-state index in [1.165, 1.54) is 4.68 Å². The van der Waals surface area contributed by atoms with Crippen LogP contribution >= 0.6 is 11.8 Å². The zero-order chi connectivity index (χ0) is 21.8. The average Bonchev–Trinajstić information content (AvgIpc) is 3.20. The van der Waals surface area contributed by atoms with Crippen LogP contribution in [0, 0.1) is 13.8 Å². The van der Waals surface area contributed by atoms with Gasteiger partial charge in [-0.25, -0.2) is 9.36 Å². The molecule has 0 aliphatic rings. The van der Waals surface area contributed by atoms with Crippen LogP contribution in [0.2, 0.25) is 0 Å². The first kappa shape index (κ1) is 21.4. The summed E-state index contributed by atoms with van der Waals surface area (Å²) in [5.74, 6) is 5.96. The van der Waals surface area contributed by atoms with E-state index < -0.39 is 0 Å². The molecule has 0 unspecified atom stereocenters. The predicted molar refractivity (Wildman–Crippen MR) is 115 cm³/mol. The molecule has 1 aromatic carbocycles. The van der Waals surface area contributed by atoms with Gasteiger partial charge in [-0.15, -0.1) is 10.2 Å². The Morgan fingerprint density at radius 2 is 1.93 bits per heavy atom. The van der Waals surface area contributed by atoms with Crippen LogP contribution in [0.5, 0.6) is 0 Å². The van der Waals surface area contributed by atoms with Gasteiger partial charge in [0.25, 0.3) is 11.9 Å². The number of thioether (sulfide) groups is 1. The summed E-state index contributed by atoms with van der Waals surface area (Å²) in [5.41, 5.74) is 2.55. The molecule has 0 aliphatic carbocycles. The van der Waals surface area contributed by atoms with Crippen molar-refractivity contribution in [2.45, 2.75) is 38.9 Å². The summed E-state index contributed by atoms with van der Waals surface area (Å²) in [6, 6.07) is 8.75. The Morgan fingerprint density at radius 1 is 1.20 bits per heavy atom. The minimum absolute atomic E-state index is 0.0101. The van der Waals surface area contributed by atoms with Gasteiger partial charge >= 0.3 is 0 Å². The van der Waals surface area contributed by atoms with E-state index in [4.69, 9.17) is 5.84 Å². The van der Waals surface area contributed by atoms with Crippen molar-refractivity contribution >= 4 is 29.3 Å². The van der Waals surface area contributed by atoms with E-state index in [1.807, 2.05) is 33.8 Å².